The molecule has 1 aliphatic heterocycles. The molecule has 1 aliphatic rings. The van der Waals surface area contributed by atoms with Gasteiger partial charge in [0.15, 0.2) is 0 Å². The number of piperidine rings is 1. The van der Waals surface area contributed by atoms with Crippen molar-refractivity contribution in [1.82, 2.24) is 29.2 Å². The van der Waals surface area contributed by atoms with Crippen LogP contribution in [0.1, 0.15) is 36.0 Å². The smallest absolute Gasteiger partial charge is 0.244 e. The van der Waals surface area contributed by atoms with Crippen LogP contribution in [0.4, 0.5) is 0 Å². The van der Waals surface area contributed by atoms with Crippen LogP contribution < -0.4 is 0 Å². The Labute approximate surface area is 158 Å². The fourth-order valence-corrected chi connectivity index (χ4v) is 3.68. The first-order chi connectivity index (χ1) is 13.2. The van der Waals surface area contributed by atoms with Crippen LogP contribution in [0.2, 0.25) is 0 Å². The van der Waals surface area contributed by atoms with Gasteiger partial charge in [0.2, 0.25) is 5.91 Å². The summed E-state index contributed by atoms with van der Waals surface area (Å²) in [5, 5.41) is 4.32. The number of pyridine rings is 1. The molecule has 0 bridgehead atoms. The van der Waals surface area contributed by atoms with Crippen LogP contribution in [0.15, 0.2) is 49.1 Å². The second-order valence-electron chi connectivity index (χ2n) is 7.07. The van der Waals surface area contributed by atoms with Gasteiger partial charge in [-0.3, -0.25) is 14.5 Å². The quantitative estimate of drug-likeness (QED) is 0.696. The highest BCUT2D eigenvalue weighted by Gasteiger charge is 2.27. The van der Waals surface area contributed by atoms with E-state index in [9.17, 15) is 4.79 Å². The van der Waals surface area contributed by atoms with Gasteiger partial charge in [0.05, 0.1) is 17.9 Å². The van der Waals surface area contributed by atoms with E-state index in [4.69, 9.17) is 0 Å². The number of hydrogen-bond acceptors (Lipinski definition) is 4. The maximum Gasteiger partial charge on any atom is 0.244 e. The van der Waals surface area contributed by atoms with Crippen molar-refractivity contribution in [2.45, 2.75) is 38.8 Å². The minimum atomic E-state index is 0.116. The molecule has 0 aliphatic carbocycles. The lowest BCUT2D eigenvalue weighted by Gasteiger charge is -2.32. The topological polar surface area (TPSA) is 68.8 Å². The van der Waals surface area contributed by atoms with Crippen molar-refractivity contribution in [3.8, 4) is 0 Å². The number of carbonyl (C=O) groups is 1. The fourth-order valence-electron chi connectivity index (χ4n) is 3.68. The predicted molar refractivity (Wildman–Crippen MR) is 101 cm³/mol. The normalized spacial score (nSPS) is 17.2. The number of carbonyl (C=O) groups excluding carboxylic acids is 1. The number of likely N-dealkylation sites (tertiary alicyclic amines) is 1. The summed E-state index contributed by atoms with van der Waals surface area (Å²) in [6, 6.07) is 7.86. The Morgan fingerprint density at radius 1 is 1.19 bits per heavy atom. The molecule has 4 rings (SSSR count). The zero-order chi connectivity index (χ0) is 18.6. The molecule has 1 amide bonds. The van der Waals surface area contributed by atoms with Crippen molar-refractivity contribution in [1.29, 1.82) is 0 Å². The lowest BCUT2D eigenvalue weighted by Crippen LogP contribution is -2.41. The summed E-state index contributed by atoms with van der Waals surface area (Å²) in [4.78, 5) is 23.7. The zero-order valence-corrected chi connectivity index (χ0v) is 15.5. The third kappa shape index (κ3) is 4.07. The Balaban J connectivity index is 1.44. The first-order valence-electron chi connectivity index (χ1n) is 9.38. The monoisotopic (exact) mass is 364 g/mol. The van der Waals surface area contributed by atoms with E-state index in [1.165, 1.54) is 0 Å². The minimum absolute atomic E-state index is 0.116. The molecule has 140 valence electrons. The number of rotatable bonds is 5. The molecule has 1 saturated heterocycles. The second-order valence-corrected chi connectivity index (χ2v) is 7.07. The molecule has 3 aromatic heterocycles. The van der Waals surface area contributed by atoms with E-state index < -0.39 is 0 Å². The first-order valence-corrected chi connectivity index (χ1v) is 9.38. The van der Waals surface area contributed by atoms with Crippen molar-refractivity contribution in [2.75, 3.05) is 13.1 Å². The van der Waals surface area contributed by atoms with Gasteiger partial charge in [0, 0.05) is 43.8 Å². The molecule has 1 fully saturated rings. The van der Waals surface area contributed by atoms with E-state index in [2.05, 4.69) is 19.6 Å². The fraction of sp³-hybridized carbons (Fsp3) is 0.400. The minimum Gasteiger partial charge on any atom is -0.340 e. The highest BCUT2D eigenvalue weighted by molar-refractivity contribution is 5.76. The van der Waals surface area contributed by atoms with Crippen LogP contribution in [-0.2, 0) is 17.9 Å². The number of aryl methyl sites for hydroxylation is 1. The molecule has 0 N–H and O–H groups in total. The molecular weight excluding hydrogens is 340 g/mol. The van der Waals surface area contributed by atoms with Gasteiger partial charge in [-0.25, -0.2) is 4.98 Å². The maximum absolute atomic E-state index is 12.7. The molecule has 0 radical (unpaired) electrons. The lowest BCUT2D eigenvalue weighted by molar-refractivity contribution is -0.133. The van der Waals surface area contributed by atoms with Gasteiger partial charge in [-0.05, 0) is 38.0 Å². The lowest BCUT2D eigenvalue weighted by atomic mass is 9.97. The average Bonchev–Trinajstić information content (AvgIpc) is 3.31. The number of aromatic nitrogens is 5. The van der Waals surface area contributed by atoms with Crippen LogP contribution in [0.5, 0.6) is 0 Å². The van der Waals surface area contributed by atoms with E-state index in [0.29, 0.717) is 19.6 Å². The average molecular weight is 364 g/mol. The van der Waals surface area contributed by atoms with Gasteiger partial charge in [0.1, 0.15) is 12.4 Å². The molecule has 0 aromatic carbocycles. The molecular formula is C20H24N6O. The molecule has 0 saturated carbocycles. The number of nitrogens with zero attached hydrogens (tertiary/aromatic N) is 6. The van der Waals surface area contributed by atoms with Crippen molar-refractivity contribution >= 4 is 5.91 Å². The third-order valence-electron chi connectivity index (χ3n) is 5.02. The van der Waals surface area contributed by atoms with Gasteiger partial charge in [-0.1, -0.05) is 6.07 Å². The Bertz CT molecular complexity index is 900. The number of imidazole rings is 1. The molecule has 27 heavy (non-hydrogen) atoms. The Morgan fingerprint density at radius 3 is 2.89 bits per heavy atom. The summed E-state index contributed by atoms with van der Waals surface area (Å²) in [7, 11) is 0. The standard InChI is InChI=1S/C20H24N6O/c1-16-7-11-26(23-16)15-19(27)24-10-4-5-17(13-24)20-22-9-12-25(20)14-18-6-2-3-8-21-18/h2-3,6-9,11-12,17H,4-5,10,13-15H2,1H3/t17-/m0/s1. The Hall–Kier alpha value is -2.96. The number of hydrogen-bond donors (Lipinski definition) is 0. The van der Waals surface area contributed by atoms with Gasteiger partial charge in [-0.15, -0.1) is 0 Å². The zero-order valence-electron chi connectivity index (χ0n) is 15.5. The Morgan fingerprint density at radius 2 is 2.11 bits per heavy atom. The SMILES string of the molecule is Cc1ccn(CC(=O)N2CCC[C@H](c3nccn3Cc3ccccn3)C2)n1. The van der Waals surface area contributed by atoms with E-state index in [-0.39, 0.29) is 11.8 Å². The Kier molecular flexibility index (Phi) is 5.00. The molecule has 3 aromatic rings. The van der Waals surface area contributed by atoms with Gasteiger partial charge in [-0.2, -0.15) is 5.10 Å². The predicted octanol–water partition coefficient (Wildman–Crippen LogP) is 2.24. The summed E-state index contributed by atoms with van der Waals surface area (Å²) < 4.78 is 3.86. The van der Waals surface area contributed by atoms with Crippen molar-refractivity contribution in [3.05, 3.63) is 66.3 Å². The van der Waals surface area contributed by atoms with Gasteiger partial charge >= 0.3 is 0 Å². The molecule has 0 unspecified atom stereocenters. The van der Waals surface area contributed by atoms with E-state index in [1.54, 1.807) is 4.68 Å². The van der Waals surface area contributed by atoms with Crippen LogP contribution in [-0.4, -0.2) is 48.2 Å². The van der Waals surface area contributed by atoms with Gasteiger partial charge in [0.25, 0.3) is 0 Å². The van der Waals surface area contributed by atoms with E-state index in [1.807, 2.05) is 60.9 Å². The largest absolute Gasteiger partial charge is 0.340 e. The highest BCUT2D eigenvalue weighted by atomic mass is 16.2. The summed E-state index contributed by atoms with van der Waals surface area (Å²) in [5.74, 6) is 1.40. The van der Waals surface area contributed by atoms with E-state index in [0.717, 1.165) is 36.6 Å². The maximum atomic E-state index is 12.7. The van der Waals surface area contributed by atoms with Crippen LogP contribution >= 0.6 is 0 Å². The molecule has 7 heteroatoms. The molecule has 7 nitrogen and oxygen atoms in total. The summed E-state index contributed by atoms with van der Waals surface area (Å²) in [6.07, 6.45) is 9.54. The second kappa shape index (κ2) is 7.73. The van der Waals surface area contributed by atoms with Crippen molar-refractivity contribution in [2.24, 2.45) is 0 Å². The third-order valence-corrected chi connectivity index (χ3v) is 5.02. The molecule has 0 spiro atoms. The van der Waals surface area contributed by atoms with Crippen LogP contribution in [0, 0.1) is 6.92 Å². The summed E-state index contributed by atoms with van der Waals surface area (Å²) in [6.45, 7) is 4.43. The molecule has 4 heterocycles. The van der Waals surface area contributed by atoms with Gasteiger partial charge < -0.3 is 9.47 Å². The first kappa shape index (κ1) is 17.5. The highest BCUT2D eigenvalue weighted by Crippen LogP contribution is 2.26. The number of amides is 1. The van der Waals surface area contributed by atoms with Crippen molar-refractivity contribution in [3.63, 3.8) is 0 Å². The van der Waals surface area contributed by atoms with Crippen LogP contribution in [0.25, 0.3) is 0 Å². The molecule has 1 atom stereocenters. The van der Waals surface area contributed by atoms with Crippen LogP contribution in [0.3, 0.4) is 0 Å². The summed E-state index contributed by atoms with van der Waals surface area (Å²) in [5.41, 5.74) is 1.94. The summed E-state index contributed by atoms with van der Waals surface area (Å²) >= 11 is 0. The van der Waals surface area contributed by atoms with E-state index >= 15 is 0 Å². The van der Waals surface area contributed by atoms with Crippen molar-refractivity contribution < 1.29 is 4.79 Å².